The number of aryl methyl sites for hydroxylation is 1. The lowest BCUT2D eigenvalue weighted by molar-refractivity contribution is -0.135. The van der Waals surface area contributed by atoms with Crippen LogP contribution in [0, 0.1) is 6.92 Å². The molecular weight excluding hydrogens is 266 g/mol. The second kappa shape index (κ2) is 6.69. The summed E-state index contributed by atoms with van der Waals surface area (Å²) < 4.78 is 5.10. The zero-order valence-corrected chi connectivity index (χ0v) is 11.5. The molecule has 2 amide bonds. The zero-order valence-electron chi connectivity index (χ0n) is 10.6. The van der Waals surface area contributed by atoms with E-state index in [0.29, 0.717) is 11.4 Å². The maximum Gasteiger partial charge on any atom is 0.313 e. The molecule has 0 atom stereocenters. The van der Waals surface area contributed by atoms with Gasteiger partial charge in [-0.25, -0.2) is 0 Å². The highest BCUT2D eigenvalue weighted by molar-refractivity contribution is 7.80. The Labute approximate surface area is 116 Å². The van der Waals surface area contributed by atoms with Gasteiger partial charge in [-0.1, -0.05) is 12.2 Å². The second-order valence-corrected chi connectivity index (χ2v) is 4.31. The van der Waals surface area contributed by atoms with Crippen LogP contribution < -0.4 is 21.1 Å². The molecule has 4 N–H and O–H groups in total. The number of nitrogens with two attached hydrogens (primary N) is 1. The number of carbonyl (C=O) groups is 2. The molecular formula is C12H15N3O3S. The molecule has 0 fully saturated rings. The van der Waals surface area contributed by atoms with Gasteiger partial charge in [0.25, 0.3) is 0 Å². The maximum absolute atomic E-state index is 11.6. The predicted octanol–water partition coefficient (Wildman–Crippen LogP) is 0.344. The highest BCUT2D eigenvalue weighted by Crippen LogP contribution is 2.21. The summed E-state index contributed by atoms with van der Waals surface area (Å²) in [6.45, 7) is 1.82. The summed E-state index contributed by atoms with van der Waals surface area (Å²) in [6, 6.07) is 5.06. The monoisotopic (exact) mass is 281 g/mol. The van der Waals surface area contributed by atoms with Crippen LogP contribution in [0.1, 0.15) is 5.56 Å². The average molecular weight is 281 g/mol. The Balaban J connectivity index is 2.64. The summed E-state index contributed by atoms with van der Waals surface area (Å²) in [5, 5.41) is 4.76. The molecule has 102 valence electrons. The van der Waals surface area contributed by atoms with Crippen LogP contribution >= 0.6 is 12.2 Å². The molecule has 0 saturated carbocycles. The van der Waals surface area contributed by atoms with E-state index < -0.39 is 11.8 Å². The number of nitrogens with one attached hydrogen (secondary N) is 2. The molecule has 7 heteroatoms. The number of amides is 2. The fourth-order valence-corrected chi connectivity index (χ4v) is 1.46. The fraction of sp³-hybridized carbons (Fsp3) is 0.250. The Kier molecular flexibility index (Phi) is 5.25. The molecule has 1 rings (SSSR count). The second-order valence-electron chi connectivity index (χ2n) is 3.79. The van der Waals surface area contributed by atoms with E-state index in [1.807, 2.05) is 6.92 Å². The van der Waals surface area contributed by atoms with E-state index in [9.17, 15) is 9.59 Å². The minimum absolute atomic E-state index is 0.0107. The molecule has 19 heavy (non-hydrogen) atoms. The van der Waals surface area contributed by atoms with Crippen molar-refractivity contribution in [2.45, 2.75) is 6.92 Å². The first-order valence-electron chi connectivity index (χ1n) is 5.46. The molecule has 0 spiro atoms. The van der Waals surface area contributed by atoms with E-state index in [1.54, 1.807) is 25.3 Å². The number of hydrogen-bond donors (Lipinski definition) is 3. The topological polar surface area (TPSA) is 93.4 Å². The lowest BCUT2D eigenvalue weighted by Gasteiger charge is -2.09. The van der Waals surface area contributed by atoms with Crippen LogP contribution in [0.2, 0.25) is 0 Å². The number of benzene rings is 1. The summed E-state index contributed by atoms with van der Waals surface area (Å²) in [7, 11) is 1.56. The van der Waals surface area contributed by atoms with Gasteiger partial charge in [-0.15, -0.1) is 0 Å². The van der Waals surface area contributed by atoms with E-state index in [4.69, 9.17) is 10.5 Å². The Morgan fingerprint density at radius 2 is 2.05 bits per heavy atom. The van der Waals surface area contributed by atoms with E-state index >= 15 is 0 Å². The van der Waals surface area contributed by atoms with Crippen LogP contribution in [0.15, 0.2) is 18.2 Å². The first-order chi connectivity index (χ1) is 8.93. The largest absolute Gasteiger partial charge is 0.496 e. The molecule has 0 radical (unpaired) electrons. The van der Waals surface area contributed by atoms with Gasteiger partial charge in [0.05, 0.1) is 18.6 Å². The van der Waals surface area contributed by atoms with Gasteiger partial charge >= 0.3 is 11.8 Å². The number of ether oxygens (including phenoxy) is 1. The average Bonchev–Trinajstić information content (AvgIpc) is 2.36. The van der Waals surface area contributed by atoms with Gasteiger partial charge in [0, 0.05) is 5.69 Å². The standard InChI is InChI=1S/C12H15N3O3S/c1-7-5-8(3-4-9(7)18-2)15-12(17)11(16)14-6-10(13)19/h3-5H,6H2,1-2H3,(H2,13,19)(H,14,16)(H,15,17). The Morgan fingerprint density at radius 1 is 1.37 bits per heavy atom. The Morgan fingerprint density at radius 3 is 2.58 bits per heavy atom. The van der Waals surface area contributed by atoms with E-state index in [0.717, 1.165) is 5.56 Å². The molecule has 1 aromatic carbocycles. The number of rotatable bonds is 4. The molecule has 0 aromatic heterocycles. The summed E-state index contributed by atoms with van der Waals surface area (Å²) in [6.07, 6.45) is 0. The van der Waals surface area contributed by atoms with Crippen LogP contribution in [0.5, 0.6) is 5.75 Å². The van der Waals surface area contributed by atoms with Crippen LogP contribution in [0.25, 0.3) is 0 Å². The fourth-order valence-electron chi connectivity index (χ4n) is 1.39. The molecule has 0 unspecified atom stereocenters. The normalized spacial score (nSPS) is 9.58. The van der Waals surface area contributed by atoms with Crippen LogP contribution in [-0.4, -0.2) is 30.5 Å². The summed E-state index contributed by atoms with van der Waals surface area (Å²) in [5.41, 5.74) is 6.58. The number of methoxy groups -OCH3 is 1. The smallest absolute Gasteiger partial charge is 0.313 e. The van der Waals surface area contributed by atoms with Crippen molar-refractivity contribution in [3.8, 4) is 5.75 Å². The zero-order chi connectivity index (χ0) is 14.4. The van der Waals surface area contributed by atoms with Crippen molar-refractivity contribution in [3.63, 3.8) is 0 Å². The summed E-state index contributed by atoms with van der Waals surface area (Å²) in [4.78, 5) is 23.1. The number of carbonyl (C=O) groups excluding carboxylic acids is 2. The van der Waals surface area contributed by atoms with Crippen molar-refractivity contribution in [1.29, 1.82) is 0 Å². The molecule has 6 nitrogen and oxygen atoms in total. The maximum atomic E-state index is 11.6. The number of thiocarbonyl (C=S) groups is 1. The van der Waals surface area contributed by atoms with E-state index in [1.165, 1.54) is 0 Å². The van der Waals surface area contributed by atoms with Crippen LogP contribution in [0.4, 0.5) is 5.69 Å². The minimum atomic E-state index is -0.790. The third-order valence-corrected chi connectivity index (χ3v) is 2.43. The van der Waals surface area contributed by atoms with Crippen molar-refractivity contribution in [3.05, 3.63) is 23.8 Å². The van der Waals surface area contributed by atoms with Crippen molar-refractivity contribution < 1.29 is 14.3 Å². The quantitative estimate of drug-likeness (QED) is 0.547. The Hall–Kier alpha value is -2.15. The third kappa shape index (κ3) is 4.55. The number of hydrogen-bond acceptors (Lipinski definition) is 4. The van der Waals surface area contributed by atoms with Gasteiger partial charge < -0.3 is 21.1 Å². The highest BCUT2D eigenvalue weighted by Gasteiger charge is 2.13. The third-order valence-electron chi connectivity index (χ3n) is 2.28. The van der Waals surface area contributed by atoms with E-state index in [2.05, 4.69) is 22.9 Å². The van der Waals surface area contributed by atoms with E-state index in [-0.39, 0.29) is 11.5 Å². The molecule has 0 aliphatic heterocycles. The first kappa shape index (κ1) is 14.9. The summed E-state index contributed by atoms with van der Waals surface area (Å²) >= 11 is 4.59. The van der Waals surface area contributed by atoms with Crippen molar-refractivity contribution in [2.75, 3.05) is 19.0 Å². The Bertz CT molecular complexity index is 517. The molecule has 0 heterocycles. The van der Waals surface area contributed by atoms with Crippen molar-refractivity contribution >= 4 is 34.7 Å². The van der Waals surface area contributed by atoms with Gasteiger partial charge in [0.15, 0.2) is 0 Å². The summed E-state index contributed by atoms with van der Waals surface area (Å²) in [5.74, 6) is -0.863. The molecule has 0 aliphatic rings. The van der Waals surface area contributed by atoms with Crippen molar-refractivity contribution in [1.82, 2.24) is 5.32 Å². The number of anilines is 1. The van der Waals surface area contributed by atoms with Crippen LogP contribution in [0.3, 0.4) is 0 Å². The van der Waals surface area contributed by atoms with Crippen molar-refractivity contribution in [2.24, 2.45) is 5.73 Å². The van der Waals surface area contributed by atoms with Gasteiger partial charge in [-0.3, -0.25) is 9.59 Å². The first-order valence-corrected chi connectivity index (χ1v) is 5.87. The molecule has 0 saturated heterocycles. The van der Waals surface area contributed by atoms with Gasteiger partial charge in [0.2, 0.25) is 0 Å². The molecule has 0 aliphatic carbocycles. The lowest BCUT2D eigenvalue weighted by atomic mass is 10.2. The van der Waals surface area contributed by atoms with Gasteiger partial charge in [-0.2, -0.15) is 0 Å². The van der Waals surface area contributed by atoms with Crippen LogP contribution in [-0.2, 0) is 9.59 Å². The predicted molar refractivity (Wildman–Crippen MR) is 76.2 cm³/mol. The highest BCUT2D eigenvalue weighted by atomic mass is 32.1. The molecule has 1 aromatic rings. The van der Waals surface area contributed by atoms with Gasteiger partial charge in [-0.05, 0) is 30.7 Å². The minimum Gasteiger partial charge on any atom is -0.496 e. The lowest BCUT2D eigenvalue weighted by Crippen LogP contribution is -2.39. The SMILES string of the molecule is COc1ccc(NC(=O)C(=O)NCC(N)=S)cc1C. The van der Waals surface area contributed by atoms with Gasteiger partial charge in [0.1, 0.15) is 5.75 Å². The molecule has 0 bridgehead atoms.